The van der Waals surface area contributed by atoms with Gasteiger partial charge in [0.1, 0.15) is 0 Å². The molecular formula is C22H24F3N3O2. The number of fused-ring (bicyclic) bond motifs is 1. The summed E-state index contributed by atoms with van der Waals surface area (Å²) in [5.41, 5.74) is 2.78. The first-order valence-corrected chi connectivity index (χ1v) is 9.84. The molecule has 30 heavy (non-hydrogen) atoms. The molecule has 0 unspecified atom stereocenters. The summed E-state index contributed by atoms with van der Waals surface area (Å²) in [6, 6.07) is 11.4. The maximum absolute atomic E-state index is 13.7. The first-order valence-electron chi connectivity index (χ1n) is 9.84. The SMILES string of the molecule is O=C(CCCCCCNc1ccc(-c2ccc3cc[nH]c3c2)c(C(F)(F)F)c1)NO. The van der Waals surface area contributed by atoms with Crippen molar-refractivity contribution < 1.29 is 23.2 Å². The summed E-state index contributed by atoms with van der Waals surface area (Å²) in [4.78, 5) is 13.9. The minimum atomic E-state index is -4.47. The summed E-state index contributed by atoms with van der Waals surface area (Å²) in [7, 11) is 0. The van der Waals surface area contributed by atoms with Gasteiger partial charge in [-0.05, 0) is 53.6 Å². The van der Waals surface area contributed by atoms with Gasteiger partial charge in [0.2, 0.25) is 5.91 Å². The zero-order chi connectivity index (χ0) is 21.6. The van der Waals surface area contributed by atoms with Gasteiger partial charge in [0.05, 0.1) is 5.56 Å². The summed E-state index contributed by atoms with van der Waals surface area (Å²) in [5, 5.41) is 12.4. The predicted octanol–water partition coefficient (Wildman–Crippen LogP) is 5.72. The normalized spacial score (nSPS) is 11.6. The van der Waals surface area contributed by atoms with Crippen LogP contribution in [0, 0.1) is 0 Å². The maximum atomic E-state index is 13.7. The summed E-state index contributed by atoms with van der Waals surface area (Å²) in [6.07, 6.45) is 0.625. The highest BCUT2D eigenvalue weighted by atomic mass is 19.4. The molecule has 0 atom stereocenters. The third-order valence-corrected chi connectivity index (χ3v) is 4.98. The monoisotopic (exact) mass is 419 g/mol. The lowest BCUT2D eigenvalue weighted by Crippen LogP contribution is -2.17. The second-order valence-corrected chi connectivity index (χ2v) is 7.16. The van der Waals surface area contributed by atoms with Gasteiger partial charge in [0.15, 0.2) is 0 Å². The quantitative estimate of drug-likeness (QED) is 0.203. The Hall–Kier alpha value is -3.00. The Morgan fingerprint density at radius 3 is 2.57 bits per heavy atom. The summed E-state index contributed by atoms with van der Waals surface area (Å²) >= 11 is 0. The molecular weight excluding hydrogens is 395 g/mol. The highest BCUT2D eigenvalue weighted by Gasteiger charge is 2.34. The van der Waals surface area contributed by atoms with E-state index >= 15 is 0 Å². The van der Waals surface area contributed by atoms with E-state index in [0.29, 0.717) is 24.2 Å². The highest BCUT2D eigenvalue weighted by molar-refractivity contribution is 5.85. The number of H-pyrrole nitrogens is 1. The molecule has 5 nitrogen and oxygen atoms in total. The molecule has 0 aliphatic heterocycles. The molecule has 0 fully saturated rings. The summed E-state index contributed by atoms with van der Waals surface area (Å²) in [5.74, 6) is -0.414. The van der Waals surface area contributed by atoms with E-state index in [1.807, 2.05) is 6.07 Å². The van der Waals surface area contributed by atoms with Crippen LogP contribution in [-0.4, -0.2) is 22.6 Å². The first-order chi connectivity index (χ1) is 14.4. The Kier molecular flexibility index (Phi) is 6.99. The van der Waals surface area contributed by atoms with E-state index < -0.39 is 17.6 Å². The van der Waals surface area contributed by atoms with Gasteiger partial charge in [-0.15, -0.1) is 0 Å². The van der Waals surface area contributed by atoms with Crippen LogP contribution in [0.25, 0.3) is 22.0 Å². The lowest BCUT2D eigenvalue weighted by atomic mass is 9.97. The third kappa shape index (κ3) is 5.54. The molecule has 0 aliphatic carbocycles. The van der Waals surface area contributed by atoms with Crippen molar-refractivity contribution in [1.29, 1.82) is 0 Å². The number of amides is 1. The number of hydroxylamine groups is 1. The Morgan fingerprint density at radius 1 is 1.00 bits per heavy atom. The molecule has 0 spiro atoms. The van der Waals surface area contributed by atoms with Gasteiger partial charge >= 0.3 is 6.18 Å². The van der Waals surface area contributed by atoms with E-state index in [4.69, 9.17) is 5.21 Å². The number of aromatic amines is 1. The number of alkyl halides is 3. The van der Waals surface area contributed by atoms with Crippen molar-refractivity contribution in [3.05, 3.63) is 54.2 Å². The zero-order valence-corrected chi connectivity index (χ0v) is 16.4. The van der Waals surface area contributed by atoms with E-state index in [9.17, 15) is 18.0 Å². The Bertz CT molecular complexity index is 999. The van der Waals surface area contributed by atoms with Crippen LogP contribution in [0.4, 0.5) is 18.9 Å². The molecule has 2 aromatic carbocycles. The van der Waals surface area contributed by atoms with E-state index in [1.165, 1.54) is 6.07 Å². The number of anilines is 1. The molecule has 0 aliphatic rings. The third-order valence-electron chi connectivity index (χ3n) is 4.98. The molecule has 1 heterocycles. The number of hydrogen-bond donors (Lipinski definition) is 4. The standard InChI is InChI=1S/C22H24F3N3O2/c23-22(24,25)19-14-17(26-11-4-2-1-3-5-21(29)28-30)8-9-18(19)16-7-6-15-10-12-27-20(15)13-16/h6-10,12-14,26-27,30H,1-5,11H2,(H,28,29). The van der Waals surface area contributed by atoms with Crippen LogP contribution in [0.15, 0.2) is 48.7 Å². The second-order valence-electron chi connectivity index (χ2n) is 7.16. The minimum Gasteiger partial charge on any atom is -0.385 e. The molecule has 8 heteroatoms. The summed E-state index contributed by atoms with van der Waals surface area (Å²) in [6.45, 7) is 0.539. The summed E-state index contributed by atoms with van der Waals surface area (Å²) < 4.78 is 41.1. The van der Waals surface area contributed by atoms with Crippen molar-refractivity contribution in [2.75, 3.05) is 11.9 Å². The van der Waals surface area contributed by atoms with Crippen LogP contribution in [0.1, 0.15) is 37.7 Å². The fourth-order valence-electron chi connectivity index (χ4n) is 3.41. The lowest BCUT2D eigenvalue weighted by Gasteiger charge is -2.16. The molecule has 3 rings (SSSR count). The van der Waals surface area contributed by atoms with E-state index in [0.717, 1.165) is 36.2 Å². The molecule has 0 saturated carbocycles. The van der Waals surface area contributed by atoms with Gasteiger partial charge in [0, 0.05) is 30.4 Å². The van der Waals surface area contributed by atoms with Gasteiger partial charge in [-0.2, -0.15) is 13.2 Å². The maximum Gasteiger partial charge on any atom is 0.417 e. The van der Waals surface area contributed by atoms with Gasteiger partial charge in [0.25, 0.3) is 0 Å². The Morgan fingerprint density at radius 2 is 1.80 bits per heavy atom. The Balaban J connectivity index is 1.64. The minimum absolute atomic E-state index is 0.145. The zero-order valence-electron chi connectivity index (χ0n) is 16.4. The number of hydrogen-bond acceptors (Lipinski definition) is 3. The van der Waals surface area contributed by atoms with Crippen LogP contribution >= 0.6 is 0 Å². The number of benzene rings is 2. The molecule has 160 valence electrons. The van der Waals surface area contributed by atoms with Crippen LogP contribution in [0.5, 0.6) is 0 Å². The topological polar surface area (TPSA) is 77.2 Å². The van der Waals surface area contributed by atoms with Crippen molar-refractivity contribution >= 4 is 22.5 Å². The van der Waals surface area contributed by atoms with Crippen LogP contribution in [-0.2, 0) is 11.0 Å². The van der Waals surface area contributed by atoms with Crippen LogP contribution in [0.2, 0.25) is 0 Å². The second kappa shape index (κ2) is 9.67. The van der Waals surface area contributed by atoms with Gasteiger partial charge in [-0.3, -0.25) is 10.0 Å². The van der Waals surface area contributed by atoms with Crippen LogP contribution < -0.4 is 10.8 Å². The number of carbonyl (C=O) groups excluding carboxylic acids is 1. The van der Waals surface area contributed by atoms with Crippen molar-refractivity contribution in [2.24, 2.45) is 0 Å². The molecule has 0 bridgehead atoms. The average molecular weight is 419 g/mol. The number of carbonyl (C=O) groups is 1. The van der Waals surface area contributed by atoms with Gasteiger partial charge < -0.3 is 10.3 Å². The first kappa shape index (κ1) is 21.7. The molecule has 3 aromatic rings. The number of rotatable bonds is 9. The van der Waals surface area contributed by atoms with E-state index in [2.05, 4.69) is 10.3 Å². The van der Waals surface area contributed by atoms with Crippen LogP contribution in [0.3, 0.4) is 0 Å². The van der Waals surface area contributed by atoms with E-state index in [-0.39, 0.29) is 12.0 Å². The number of aromatic nitrogens is 1. The van der Waals surface area contributed by atoms with Crippen molar-refractivity contribution in [1.82, 2.24) is 10.5 Å². The molecule has 1 aromatic heterocycles. The Labute approximate surface area is 172 Å². The molecule has 4 N–H and O–H groups in total. The average Bonchev–Trinajstić information content (AvgIpc) is 3.20. The fraction of sp³-hybridized carbons (Fsp3) is 0.318. The predicted molar refractivity (Wildman–Crippen MR) is 110 cm³/mol. The number of nitrogens with one attached hydrogen (secondary N) is 3. The van der Waals surface area contributed by atoms with Crippen molar-refractivity contribution in [3.63, 3.8) is 0 Å². The number of halogens is 3. The molecule has 0 radical (unpaired) electrons. The van der Waals surface area contributed by atoms with Gasteiger partial charge in [-0.25, -0.2) is 5.48 Å². The lowest BCUT2D eigenvalue weighted by molar-refractivity contribution is -0.137. The highest BCUT2D eigenvalue weighted by Crippen LogP contribution is 2.39. The van der Waals surface area contributed by atoms with Crippen molar-refractivity contribution in [3.8, 4) is 11.1 Å². The number of unbranched alkanes of at least 4 members (excludes halogenated alkanes) is 3. The van der Waals surface area contributed by atoms with Crippen molar-refractivity contribution in [2.45, 2.75) is 38.3 Å². The molecule has 0 saturated heterocycles. The largest absolute Gasteiger partial charge is 0.417 e. The van der Waals surface area contributed by atoms with E-state index in [1.54, 1.807) is 35.9 Å². The fourth-order valence-corrected chi connectivity index (χ4v) is 3.41. The molecule has 1 amide bonds. The van der Waals surface area contributed by atoms with Gasteiger partial charge in [-0.1, -0.05) is 31.0 Å². The smallest absolute Gasteiger partial charge is 0.385 e.